The predicted molar refractivity (Wildman–Crippen MR) is 85.9 cm³/mol. The first-order valence-corrected chi connectivity index (χ1v) is 7.78. The van der Waals surface area contributed by atoms with Crippen LogP contribution in [0, 0.1) is 0 Å². The Kier molecular flexibility index (Phi) is 7.40. The van der Waals surface area contributed by atoms with Crippen LogP contribution in [0.1, 0.15) is 45.6 Å². The van der Waals surface area contributed by atoms with Gasteiger partial charge >= 0.3 is 0 Å². The zero-order chi connectivity index (χ0) is 15.7. The molecule has 0 spiro atoms. The van der Waals surface area contributed by atoms with Gasteiger partial charge in [-0.2, -0.15) is 0 Å². The molecule has 0 saturated heterocycles. The van der Waals surface area contributed by atoms with E-state index < -0.39 is 5.54 Å². The summed E-state index contributed by atoms with van der Waals surface area (Å²) in [6, 6.07) is 9.64. The van der Waals surface area contributed by atoms with Crippen molar-refractivity contribution >= 4 is 5.91 Å². The lowest BCUT2D eigenvalue weighted by Crippen LogP contribution is -2.53. The monoisotopic (exact) mass is 292 g/mol. The molecular formula is C17H28N2O2. The number of hydrogen-bond acceptors (Lipinski definition) is 3. The highest BCUT2D eigenvalue weighted by Crippen LogP contribution is 2.25. The second kappa shape index (κ2) is 8.80. The Morgan fingerprint density at radius 1 is 1.33 bits per heavy atom. The van der Waals surface area contributed by atoms with Gasteiger partial charge in [-0.15, -0.1) is 0 Å². The number of nitrogens with one attached hydrogen (secondary N) is 1. The molecule has 21 heavy (non-hydrogen) atoms. The van der Waals surface area contributed by atoms with Crippen LogP contribution in [-0.4, -0.2) is 25.2 Å². The Bertz CT molecular complexity index is 422. The Morgan fingerprint density at radius 2 is 2.00 bits per heavy atom. The van der Waals surface area contributed by atoms with Gasteiger partial charge in [-0.05, 0) is 25.5 Å². The van der Waals surface area contributed by atoms with Crippen molar-refractivity contribution in [1.82, 2.24) is 5.32 Å². The van der Waals surface area contributed by atoms with Gasteiger partial charge in [0, 0.05) is 13.0 Å². The fraction of sp³-hybridized carbons (Fsp3) is 0.588. The quantitative estimate of drug-likeness (QED) is 0.696. The van der Waals surface area contributed by atoms with Crippen molar-refractivity contribution in [3.8, 4) is 0 Å². The minimum absolute atomic E-state index is 0.206. The number of nitrogens with two attached hydrogens (primary N) is 1. The number of hydrogen-bond donors (Lipinski definition) is 2. The van der Waals surface area contributed by atoms with E-state index in [1.165, 1.54) is 0 Å². The maximum absolute atomic E-state index is 12.1. The van der Waals surface area contributed by atoms with Gasteiger partial charge in [0.2, 0.25) is 5.91 Å². The topological polar surface area (TPSA) is 64.3 Å². The molecule has 0 aliphatic heterocycles. The minimum atomic E-state index is -0.859. The maximum Gasteiger partial charge on any atom is 0.242 e. The van der Waals surface area contributed by atoms with Crippen LogP contribution in [0.4, 0.5) is 0 Å². The molecule has 0 aromatic heterocycles. The molecule has 0 saturated carbocycles. The predicted octanol–water partition coefficient (Wildman–Crippen LogP) is 2.57. The fourth-order valence-corrected chi connectivity index (χ4v) is 2.61. The number of carbonyl (C=O) groups excluding carboxylic acids is 1. The summed E-state index contributed by atoms with van der Waals surface area (Å²) in [7, 11) is 0. The summed E-state index contributed by atoms with van der Waals surface area (Å²) < 4.78 is 5.81. The normalized spacial score (nSPS) is 15.4. The molecule has 0 radical (unpaired) electrons. The summed E-state index contributed by atoms with van der Waals surface area (Å²) in [5.74, 6) is -0.359. The van der Waals surface area contributed by atoms with E-state index in [-0.39, 0.29) is 12.0 Å². The van der Waals surface area contributed by atoms with E-state index in [0.29, 0.717) is 19.6 Å². The average molecular weight is 292 g/mol. The van der Waals surface area contributed by atoms with Crippen molar-refractivity contribution in [1.29, 1.82) is 0 Å². The van der Waals surface area contributed by atoms with Gasteiger partial charge in [0.05, 0.1) is 6.10 Å². The number of ether oxygens (including phenoxy) is 1. The third kappa shape index (κ3) is 4.83. The van der Waals surface area contributed by atoms with Gasteiger partial charge in [-0.3, -0.25) is 10.1 Å². The highest BCUT2D eigenvalue weighted by molar-refractivity contribution is 5.86. The molecule has 1 aromatic rings. The number of rotatable bonds is 10. The zero-order valence-electron chi connectivity index (χ0n) is 13.4. The van der Waals surface area contributed by atoms with Crippen molar-refractivity contribution in [3.05, 3.63) is 35.9 Å². The molecule has 1 amide bonds. The molecule has 0 aliphatic rings. The zero-order valence-corrected chi connectivity index (χ0v) is 13.4. The molecular weight excluding hydrogens is 264 g/mol. The van der Waals surface area contributed by atoms with E-state index in [9.17, 15) is 4.79 Å². The van der Waals surface area contributed by atoms with Gasteiger partial charge in [0.15, 0.2) is 0 Å². The van der Waals surface area contributed by atoms with Crippen molar-refractivity contribution in [2.24, 2.45) is 5.73 Å². The lowest BCUT2D eigenvalue weighted by atomic mass is 9.86. The molecule has 1 aromatic carbocycles. The molecule has 4 nitrogen and oxygen atoms in total. The standard InChI is InChI=1S/C17H28N2O2/c1-4-9-14(3)21-13-12-17(16(18)20,19-5-2)15-10-7-6-8-11-15/h6-8,10-11,14,19H,4-5,9,12-13H2,1-3H3,(H2,18,20). The summed E-state index contributed by atoms with van der Waals surface area (Å²) >= 11 is 0. The lowest BCUT2D eigenvalue weighted by molar-refractivity contribution is -0.126. The SMILES string of the molecule is CCCC(C)OCCC(NCC)(C(N)=O)c1ccccc1. The second-order valence-corrected chi connectivity index (χ2v) is 5.39. The Balaban J connectivity index is 2.84. The summed E-state index contributed by atoms with van der Waals surface area (Å²) in [6.07, 6.45) is 2.86. The highest BCUT2D eigenvalue weighted by atomic mass is 16.5. The first-order valence-electron chi connectivity index (χ1n) is 7.78. The van der Waals surface area contributed by atoms with E-state index in [0.717, 1.165) is 18.4 Å². The first kappa shape index (κ1) is 17.7. The molecule has 0 heterocycles. The van der Waals surface area contributed by atoms with E-state index in [4.69, 9.17) is 10.5 Å². The molecule has 2 unspecified atom stereocenters. The van der Waals surface area contributed by atoms with Crippen molar-refractivity contribution < 1.29 is 9.53 Å². The smallest absolute Gasteiger partial charge is 0.242 e. The van der Waals surface area contributed by atoms with Crippen molar-refractivity contribution in [2.45, 2.75) is 51.7 Å². The number of benzene rings is 1. The van der Waals surface area contributed by atoms with Gasteiger partial charge in [-0.25, -0.2) is 0 Å². The fourth-order valence-electron chi connectivity index (χ4n) is 2.61. The first-order chi connectivity index (χ1) is 10.1. The van der Waals surface area contributed by atoms with Crippen LogP contribution in [0.5, 0.6) is 0 Å². The van der Waals surface area contributed by atoms with Crippen LogP contribution < -0.4 is 11.1 Å². The van der Waals surface area contributed by atoms with Crippen molar-refractivity contribution in [3.63, 3.8) is 0 Å². The molecule has 4 heteroatoms. The van der Waals surface area contributed by atoms with Crippen LogP contribution in [0.3, 0.4) is 0 Å². The third-order valence-electron chi connectivity index (χ3n) is 3.74. The second-order valence-electron chi connectivity index (χ2n) is 5.39. The summed E-state index contributed by atoms with van der Waals surface area (Å²) in [4.78, 5) is 12.1. The number of likely N-dealkylation sites (N-methyl/N-ethyl adjacent to an activating group) is 1. The van der Waals surface area contributed by atoms with E-state index in [2.05, 4.69) is 19.2 Å². The van der Waals surface area contributed by atoms with Crippen molar-refractivity contribution in [2.75, 3.05) is 13.2 Å². The summed E-state index contributed by atoms with van der Waals surface area (Å²) in [5.41, 5.74) is 5.74. The molecule has 0 aliphatic carbocycles. The number of primary amides is 1. The number of carbonyl (C=O) groups is 1. The van der Waals surface area contributed by atoms with E-state index in [1.54, 1.807) is 0 Å². The largest absolute Gasteiger partial charge is 0.378 e. The van der Waals surface area contributed by atoms with E-state index >= 15 is 0 Å². The van der Waals surface area contributed by atoms with Gasteiger partial charge in [0.1, 0.15) is 5.54 Å². The summed E-state index contributed by atoms with van der Waals surface area (Å²) in [6.45, 7) is 7.34. The van der Waals surface area contributed by atoms with Gasteiger partial charge in [-0.1, -0.05) is 50.6 Å². The van der Waals surface area contributed by atoms with Crippen LogP contribution in [-0.2, 0) is 15.1 Å². The molecule has 0 bridgehead atoms. The minimum Gasteiger partial charge on any atom is -0.378 e. The van der Waals surface area contributed by atoms with Gasteiger partial charge < -0.3 is 10.5 Å². The maximum atomic E-state index is 12.1. The lowest BCUT2D eigenvalue weighted by Gasteiger charge is -2.32. The molecule has 2 atom stereocenters. The Hall–Kier alpha value is -1.39. The van der Waals surface area contributed by atoms with Crippen LogP contribution in [0.25, 0.3) is 0 Å². The molecule has 118 valence electrons. The Labute approximate surface area is 128 Å². The highest BCUT2D eigenvalue weighted by Gasteiger charge is 2.37. The molecule has 0 fully saturated rings. The van der Waals surface area contributed by atoms with Crippen LogP contribution in [0.15, 0.2) is 30.3 Å². The average Bonchev–Trinajstić information content (AvgIpc) is 2.47. The number of amides is 1. The third-order valence-corrected chi connectivity index (χ3v) is 3.74. The summed E-state index contributed by atoms with van der Waals surface area (Å²) in [5, 5.41) is 3.26. The van der Waals surface area contributed by atoms with Crippen LogP contribution in [0.2, 0.25) is 0 Å². The van der Waals surface area contributed by atoms with Crippen LogP contribution >= 0.6 is 0 Å². The van der Waals surface area contributed by atoms with E-state index in [1.807, 2.05) is 37.3 Å². The van der Waals surface area contributed by atoms with Gasteiger partial charge in [0.25, 0.3) is 0 Å². The molecule has 3 N–H and O–H groups in total. The molecule has 1 rings (SSSR count). The Morgan fingerprint density at radius 3 is 2.52 bits per heavy atom.